The molecule has 140 valence electrons. The second-order valence-corrected chi connectivity index (χ2v) is 6.27. The summed E-state index contributed by atoms with van der Waals surface area (Å²) in [6, 6.07) is 10.4. The molecule has 0 heterocycles. The van der Waals surface area contributed by atoms with E-state index in [0.717, 1.165) is 5.56 Å². The molecule has 0 aromatic heterocycles. The van der Waals surface area contributed by atoms with Crippen LogP contribution in [0.4, 0.5) is 0 Å². The van der Waals surface area contributed by atoms with Crippen molar-refractivity contribution in [3.8, 4) is 11.5 Å². The number of phenols is 2. The topological polar surface area (TPSA) is 178 Å². The number of hydroxylamine groups is 1. The van der Waals surface area contributed by atoms with E-state index < -0.39 is 10.1 Å². The van der Waals surface area contributed by atoms with Crippen LogP contribution in [-0.2, 0) is 10.1 Å². The predicted molar refractivity (Wildman–Crippen MR) is 94.9 cm³/mol. The highest BCUT2D eigenvalue weighted by atomic mass is 32.2. The van der Waals surface area contributed by atoms with Gasteiger partial charge in [0.2, 0.25) is 5.96 Å². The van der Waals surface area contributed by atoms with Gasteiger partial charge in [0.1, 0.15) is 0 Å². The van der Waals surface area contributed by atoms with Crippen molar-refractivity contribution in [3.05, 3.63) is 53.6 Å². The zero-order chi connectivity index (χ0) is 19.7. The zero-order valence-electron chi connectivity index (χ0n) is 13.6. The van der Waals surface area contributed by atoms with E-state index in [1.165, 1.54) is 36.5 Å². The number of rotatable bonds is 3. The lowest BCUT2D eigenvalue weighted by Crippen LogP contribution is -2.27. The molecule has 0 bridgehead atoms. The number of guanidine groups is 1. The Labute approximate surface area is 149 Å². The highest BCUT2D eigenvalue weighted by Crippen LogP contribution is 2.26. The van der Waals surface area contributed by atoms with Gasteiger partial charge in [0.15, 0.2) is 11.5 Å². The van der Waals surface area contributed by atoms with Gasteiger partial charge >= 0.3 is 0 Å². The van der Waals surface area contributed by atoms with Crippen LogP contribution in [0.2, 0.25) is 0 Å². The molecule has 0 saturated carbocycles. The van der Waals surface area contributed by atoms with Gasteiger partial charge in [-0.05, 0) is 31.2 Å². The number of para-hydroxylation sites is 1. The van der Waals surface area contributed by atoms with Gasteiger partial charge in [0, 0.05) is 5.56 Å². The van der Waals surface area contributed by atoms with Crippen molar-refractivity contribution in [1.29, 1.82) is 0 Å². The lowest BCUT2D eigenvalue weighted by Gasteiger charge is -1.99. The molecule has 2 aromatic rings. The average molecular weight is 382 g/mol. The largest absolute Gasteiger partial charge is 0.504 e. The minimum atomic E-state index is -4.02. The Hall–Kier alpha value is -3.15. The van der Waals surface area contributed by atoms with E-state index in [1.54, 1.807) is 17.6 Å². The normalized spacial score (nSPS) is 11.7. The maximum absolute atomic E-state index is 10.5. The Morgan fingerprint density at radius 2 is 1.77 bits per heavy atom. The molecule has 0 spiro atoms. The molecule has 0 fully saturated rings. The maximum Gasteiger partial charge on any atom is 0.294 e. The number of hydrogen-bond acceptors (Lipinski definition) is 7. The number of hydrogen-bond donors (Lipinski definition) is 6. The summed E-state index contributed by atoms with van der Waals surface area (Å²) < 4.78 is 29.6. The Morgan fingerprint density at radius 1 is 1.15 bits per heavy atom. The third-order valence-electron chi connectivity index (χ3n) is 2.84. The van der Waals surface area contributed by atoms with Gasteiger partial charge in [0.05, 0.1) is 11.1 Å². The smallest absolute Gasteiger partial charge is 0.294 e. The van der Waals surface area contributed by atoms with Crippen LogP contribution in [0.15, 0.2) is 57.6 Å². The number of aromatic hydroxyl groups is 2. The number of phenolic OH excluding ortho intramolecular Hbond substituents is 2. The summed E-state index contributed by atoms with van der Waals surface area (Å²) in [5.74, 6) is -0.839. The van der Waals surface area contributed by atoms with E-state index >= 15 is 0 Å². The highest BCUT2D eigenvalue weighted by Gasteiger charge is 2.06. The molecule has 10 nitrogen and oxygen atoms in total. The van der Waals surface area contributed by atoms with Crippen molar-refractivity contribution >= 4 is 22.3 Å². The maximum atomic E-state index is 10.5. The van der Waals surface area contributed by atoms with Gasteiger partial charge in [-0.2, -0.15) is 13.5 Å². The van der Waals surface area contributed by atoms with Gasteiger partial charge in [0.25, 0.3) is 10.1 Å². The summed E-state index contributed by atoms with van der Waals surface area (Å²) in [5, 5.41) is 33.5. The molecule has 0 aliphatic carbocycles. The van der Waals surface area contributed by atoms with Crippen LogP contribution >= 0.6 is 0 Å². The van der Waals surface area contributed by atoms with Gasteiger partial charge < -0.3 is 15.9 Å². The zero-order valence-corrected chi connectivity index (χ0v) is 14.4. The van der Waals surface area contributed by atoms with Crippen LogP contribution in [0.3, 0.4) is 0 Å². The predicted octanol–water partition coefficient (Wildman–Crippen LogP) is 0.967. The fourth-order valence-corrected chi connectivity index (χ4v) is 2.02. The van der Waals surface area contributed by atoms with Crippen molar-refractivity contribution in [3.63, 3.8) is 0 Å². The van der Waals surface area contributed by atoms with Crippen LogP contribution < -0.4 is 11.2 Å². The first-order valence-electron chi connectivity index (χ1n) is 6.97. The van der Waals surface area contributed by atoms with Gasteiger partial charge in [-0.25, -0.2) is 5.48 Å². The summed E-state index contributed by atoms with van der Waals surface area (Å²) in [6.45, 7) is 1.84. The van der Waals surface area contributed by atoms with Crippen molar-refractivity contribution in [2.75, 3.05) is 0 Å². The monoisotopic (exact) mass is 382 g/mol. The van der Waals surface area contributed by atoms with Crippen molar-refractivity contribution in [2.24, 2.45) is 15.9 Å². The third kappa shape index (κ3) is 6.76. The molecule has 2 rings (SSSR count). The molecule has 0 aliphatic heterocycles. The van der Waals surface area contributed by atoms with E-state index in [0.29, 0.717) is 0 Å². The van der Waals surface area contributed by atoms with E-state index in [-0.39, 0.29) is 27.9 Å². The second kappa shape index (κ2) is 9.36. The van der Waals surface area contributed by atoms with Crippen molar-refractivity contribution < 1.29 is 28.4 Å². The molecule has 0 radical (unpaired) electrons. The average Bonchev–Trinajstić information content (AvgIpc) is 2.58. The minimum absolute atomic E-state index is 0.0666. The van der Waals surface area contributed by atoms with Crippen molar-refractivity contribution in [1.82, 2.24) is 5.48 Å². The summed E-state index contributed by atoms with van der Waals surface area (Å²) >= 11 is 0. The SMILES string of the molecule is Cc1ccc(S(=O)(=O)O)cc1.NC(=N/N=C/c1cccc(O)c1O)NO. The molecule has 0 amide bonds. The molecule has 0 saturated heterocycles. The number of aryl methyl sites for hydroxylation is 1. The van der Waals surface area contributed by atoms with E-state index in [9.17, 15) is 13.5 Å². The number of nitrogens with one attached hydrogen (secondary N) is 1. The van der Waals surface area contributed by atoms with E-state index in [1.807, 2.05) is 6.92 Å². The van der Waals surface area contributed by atoms with Crippen LogP contribution in [0, 0.1) is 6.92 Å². The summed E-state index contributed by atoms with van der Waals surface area (Å²) in [6.07, 6.45) is 1.18. The molecule has 0 unspecified atom stereocenters. The summed E-state index contributed by atoms with van der Waals surface area (Å²) in [7, 11) is -4.02. The Kier molecular flexibility index (Phi) is 7.52. The molecular formula is C15H18N4O6S. The first kappa shape index (κ1) is 20.9. The number of nitrogens with zero attached hydrogens (tertiary/aromatic N) is 2. The Balaban J connectivity index is 0.000000273. The van der Waals surface area contributed by atoms with Crippen molar-refractivity contribution in [2.45, 2.75) is 11.8 Å². The Bertz CT molecular complexity index is 895. The molecule has 0 aliphatic rings. The first-order valence-corrected chi connectivity index (χ1v) is 8.41. The van der Waals surface area contributed by atoms with Crippen LogP contribution in [-0.4, -0.2) is 40.6 Å². The lowest BCUT2D eigenvalue weighted by atomic mass is 10.2. The lowest BCUT2D eigenvalue weighted by molar-refractivity contribution is 0.232. The standard InChI is InChI=1S/C8H10N4O3.C7H8O3S/c9-8(12-15)11-10-4-5-2-1-3-6(13)7(5)14;1-6-2-4-7(5-3-6)11(8,9)10/h1-4,13-15H,(H3,9,11,12);2-5H,1H3,(H,8,9,10)/b10-4+;. The molecule has 2 aromatic carbocycles. The van der Waals surface area contributed by atoms with Gasteiger partial charge in [-0.3, -0.25) is 9.76 Å². The quantitative estimate of drug-likeness (QED) is 0.149. The fraction of sp³-hybridized carbons (Fsp3) is 0.0667. The molecule has 7 N–H and O–H groups in total. The molecule has 11 heteroatoms. The summed E-state index contributed by atoms with van der Waals surface area (Å²) in [4.78, 5) is -0.0666. The van der Waals surface area contributed by atoms with E-state index in [4.69, 9.17) is 20.6 Å². The number of nitrogens with two attached hydrogens (primary N) is 1. The highest BCUT2D eigenvalue weighted by molar-refractivity contribution is 7.85. The molecule has 0 atom stereocenters. The van der Waals surface area contributed by atoms with Gasteiger partial charge in [-0.1, -0.05) is 23.8 Å². The van der Waals surface area contributed by atoms with Gasteiger partial charge in [-0.15, -0.1) is 5.10 Å². The Morgan fingerprint density at radius 3 is 2.31 bits per heavy atom. The van der Waals surface area contributed by atoms with E-state index in [2.05, 4.69) is 10.2 Å². The first-order chi connectivity index (χ1) is 12.1. The number of benzene rings is 2. The minimum Gasteiger partial charge on any atom is -0.504 e. The van der Waals surface area contributed by atoms with Crippen LogP contribution in [0.1, 0.15) is 11.1 Å². The van der Waals surface area contributed by atoms with Crippen LogP contribution in [0.5, 0.6) is 11.5 Å². The molecule has 26 heavy (non-hydrogen) atoms. The second-order valence-electron chi connectivity index (χ2n) is 4.84. The molecular weight excluding hydrogens is 364 g/mol. The van der Waals surface area contributed by atoms with Crippen LogP contribution in [0.25, 0.3) is 0 Å². The third-order valence-corrected chi connectivity index (χ3v) is 3.71. The summed E-state index contributed by atoms with van der Waals surface area (Å²) in [5.41, 5.74) is 7.89. The fourth-order valence-electron chi connectivity index (χ4n) is 1.54.